The van der Waals surface area contributed by atoms with Crippen molar-refractivity contribution in [1.29, 1.82) is 0 Å². The number of anilines is 1. The van der Waals surface area contributed by atoms with Gasteiger partial charge in [0.1, 0.15) is 11.6 Å². The summed E-state index contributed by atoms with van der Waals surface area (Å²) >= 11 is 0. The van der Waals surface area contributed by atoms with Crippen LogP contribution < -0.4 is 16.1 Å². The predicted octanol–water partition coefficient (Wildman–Crippen LogP) is 4.73. The van der Waals surface area contributed by atoms with Gasteiger partial charge in [0, 0.05) is 18.1 Å². The number of sulfone groups is 1. The summed E-state index contributed by atoms with van der Waals surface area (Å²) in [5, 5.41) is 6.47. The quantitative estimate of drug-likeness (QED) is 0.361. The largest absolute Gasteiger partial charge is 0.482 e. The molecule has 3 aliphatic rings. The van der Waals surface area contributed by atoms with Gasteiger partial charge < -0.3 is 15.4 Å². The van der Waals surface area contributed by atoms with Crippen molar-refractivity contribution in [3.05, 3.63) is 107 Å². The van der Waals surface area contributed by atoms with Gasteiger partial charge >= 0.3 is 6.18 Å². The van der Waals surface area contributed by atoms with E-state index in [0.29, 0.717) is 11.3 Å². The van der Waals surface area contributed by atoms with E-state index in [-0.39, 0.29) is 35.6 Å². The number of nitrogens with one attached hydrogen (secondary N) is 3. The molecular weight excluding hydrogens is 602 g/mol. The van der Waals surface area contributed by atoms with Crippen molar-refractivity contribution in [2.45, 2.75) is 36.9 Å². The van der Waals surface area contributed by atoms with E-state index < -0.39 is 40.0 Å². The number of nitrogens with zero attached hydrogens (tertiary/aromatic N) is 2. The fourth-order valence-electron chi connectivity index (χ4n) is 4.65. The molecule has 0 fully saturated rings. The Morgan fingerprint density at radius 3 is 2.52 bits per heavy atom. The summed E-state index contributed by atoms with van der Waals surface area (Å²) in [5.74, 6) is -1.08. The van der Waals surface area contributed by atoms with Gasteiger partial charge in [-0.25, -0.2) is 17.8 Å². The van der Waals surface area contributed by atoms with Crippen LogP contribution >= 0.6 is 0 Å². The standard InChI is InChI=1S/C30H29F4N5O4S/c1-18(19-3-8-22(31)9-4-19)28(40)35-23-10-5-20(6-11-23)21-7-14-27-37-29(38-39(27)16-21)36-25-13-12-24(44(2,41)42)15-26(25)43-17-30(32,33)34/h3-11,13-16,18,24,27H,12,17H2,1-2H3,(H,35,40)(H2,36,37,38). The van der Waals surface area contributed by atoms with Crippen LogP contribution in [0.2, 0.25) is 0 Å². The summed E-state index contributed by atoms with van der Waals surface area (Å²) in [7, 11) is -3.55. The minimum atomic E-state index is -4.61. The van der Waals surface area contributed by atoms with Gasteiger partial charge in [-0.15, -0.1) is 0 Å². The van der Waals surface area contributed by atoms with Crippen LogP contribution in [0.15, 0.2) is 95.5 Å². The number of aliphatic imine (C=N–C) groups is 1. The smallest absolute Gasteiger partial charge is 0.422 e. The lowest BCUT2D eigenvalue weighted by Crippen LogP contribution is -2.42. The fraction of sp³-hybridized carbons (Fsp3) is 0.267. The topological polar surface area (TPSA) is 112 Å². The van der Waals surface area contributed by atoms with E-state index in [4.69, 9.17) is 4.74 Å². The molecule has 44 heavy (non-hydrogen) atoms. The molecule has 3 unspecified atom stereocenters. The number of carbonyl (C=O) groups excluding carboxylic acids is 1. The van der Waals surface area contributed by atoms with Gasteiger partial charge in [0.25, 0.3) is 0 Å². The highest BCUT2D eigenvalue weighted by molar-refractivity contribution is 7.91. The number of hydrogen-bond donors (Lipinski definition) is 3. The van der Waals surface area contributed by atoms with Crippen LogP contribution in [0, 0.1) is 5.82 Å². The van der Waals surface area contributed by atoms with Crippen LogP contribution in [0.5, 0.6) is 0 Å². The van der Waals surface area contributed by atoms with Gasteiger partial charge in [0.05, 0.1) is 16.9 Å². The molecule has 9 nitrogen and oxygen atoms in total. The van der Waals surface area contributed by atoms with Gasteiger partial charge in [0.2, 0.25) is 11.9 Å². The third kappa shape index (κ3) is 7.48. The molecule has 2 aromatic rings. The first-order chi connectivity index (χ1) is 20.7. The van der Waals surface area contributed by atoms with Crippen LogP contribution in [0.4, 0.5) is 23.2 Å². The van der Waals surface area contributed by atoms with Gasteiger partial charge in [0.15, 0.2) is 22.6 Å². The normalized spacial score (nSPS) is 20.4. The molecule has 3 N–H and O–H groups in total. The zero-order valence-electron chi connectivity index (χ0n) is 23.6. The molecule has 2 aromatic carbocycles. The van der Waals surface area contributed by atoms with Gasteiger partial charge in [-0.05, 0) is 66.5 Å². The van der Waals surface area contributed by atoms with E-state index in [9.17, 15) is 30.8 Å². The average Bonchev–Trinajstić information content (AvgIpc) is 3.37. The van der Waals surface area contributed by atoms with Crippen LogP contribution in [0.1, 0.15) is 30.4 Å². The summed E-state index contributed by atoms with van der Waals surface area (Å²) in [6.45, 7) is 0.163. The molecule has 0 saturated carbocycles. The molecule has 0 spiro atoms. The Morgan fingerprint density at radius 2 is 1.86 bits per heavy atom. The van der Waals surface area contributed by atoms with Gasteiger partial charge in [-0.1, -0.05) is 36.4 Å². The molecular formula is C30H29F4N5O4S. The second kappa shape index (κ2) is 12.2. The third-order valence-electron chi connectivity index (χ3n) is 7.11. The number of benzene rings is 2. The molecule has 0 bridgehead atoms. The number of carbonyl (C=O) groups is 1. The van der Waals surface area contributed by atoms with Crippen molar-refractivity contribution in [3.63, 3.8) is 0 Å². The maximum Gasteiger partial charge on any atom is 0.422 e. The van der Waals surface area contributed by atoms with Crippen molar-refractivity contribution in [1.82, 2.24) is 15.8 Å². The van der Waals surface area contributed by atoms with Crippen LogP contribution in [0.3, 0.4) is 0 Å². The van der Waals surface area contributed by atoms with Crippen LogP contribution in [-0.2, 0) is 19.4 Å². The molecule has 0 saturated heterocycles. The Bertz CT molecular complexity index is 1680. The lowest BCUT2D eigenvalue weighted by Gasteiger charge is -2.25. The molecule has 3 atom stereocenters. The summed E-state index contributed by atoms with van der Waals surface area (Å²) in [6, 6.07) is 13.0. The first kappa shape index (κ1) is 30.9. The van der Waals surface area contributed by atoms with E-state index in [2.05, 4.69) is 21.1 Å². The monoisotopic (exact) mass is 631 g/mol. The highest BCUT2D eigenvalue weighted by Crippen LogP contribution is 2.28. The highest BCUT2D eigenvalue weighted by Gasteiger charge is 2.32. The lowest BCUT2D eigenvalue weighted by molar-refractivity contribution is -0.164. The molecule has 2 heterocycles. The molecule has 0 aromatic heterocycles. The Labute approximate surface area is 251 Å². The Morgan fingerprint density at radius 1 is 1.16 bits per heavy atom. The molecule has 1 amide bonds. The molecule has 232 valence electrons. The summed E-state index contributed by atoms with van der Waals surface area (Å²) < 4.78 is 80.7. The number of alkyl halides is 3. The molecule has 1 aliphatic carbocycles. The fourth-order valence-corrected chi connectivity index (χ4v) is 5.47. The summed E-state index contributed by atoms with van der Waals surface area (Å²) in [6.07, 6.45) is 4.16. The lowest BCUT2D eigenvalue weighted by atomic mass is 10.00. The van der Waals surface area contributed by atoms with E-state index in [1.54, 1.807) is 42.4 Å². The van der Waals surface area contributed by atoms with E-state index in [1.165, 1.54) is 24.3 Å². The Kier molecular flexibility index (Phi) is 8.55. The number of ether oxygens (including phenoxy) is 1. The zero-order valence-corrected chi connectivity index (χ0v) is 24.4. The maximum absolute atomic E-state index is 13.2. The van der Waals surface area contributed by atoms with Crippen molar-refractivity contribution < 1.29 is 35.5 Å². The summed E-state index contributed by atoms with van der Waals surface area (Å²) in [4.78, 5) is 17.2. The zero-order chi connectivity index (χ0) is 31.6. The molecule has 5 rings (SSSR count). The number of hydrazine groups is 1. The number of amides is 1. The third-order valence-corrected chi connectivity index (χ3v) is 8.54. The Hall–Kier alpha value is -4.59. The number of hydrogen-bond acceptors (Lipinski definition) is 8. The van der Waals surface area contributed by atoms with Crippen molar-refractivity contribution >= 4 is 33.0 Å². The summed E-state index contributed by atoms with van der Waals surface area (Å²) in [5.41, 5.74) is 6.17. The number of allylic oxidation sites excluding steroid dienone is 3. The second-order valence-corrected chi connectivity index (χ2v) is 12.7. The minimum absolute atomic E-state index is 0.0615. The van der Waals surface area contributed by atoms with Gasteiger partial charge in [-0.2, -0.15) is 13.2 Å². The van der Waals surface area contributed by atoms with Crippen LogP contribution in [-0.4, -0.2) is 55.7 Å². The number of rotatable bonds is 8. The van der Waals surface area contributed by atoms with Crippen molar-refractivity contribution in [2.75, 3.05) is 18.2 Å². The molecule has 14 heteroatoms. The first-order valence-corrected chi connectivity index (χ1v) is 15.5. The molecule has 0 radical (unpaired) electrons. The first-order valence-electron chi connectivity index (χ1n) is 13.5. The Balaban J connectivity index is 1.21. The van der Waals surface area contributed by atoms with Crippen molar-refractivity contribution in [3.8, 4) is 0 Å². The minimum Gasteiger partial charge on any atom is -0.482 e. The highest BCUT2D eigenvalue weighted by atomic mass is 32.2. The van der Waals surface area contributed by atoms with E-state index in [0.717, 1.165) is 17.4 Å². The van der Waals surface area contributed by atoms with Gasteiger partial charge in [-0.3, -0.25) is 15.2 Å². The second-order valence-electron chi connectivity index (χ2n) is 10.5. The maximum atomic E-state index is 13.2. The van der Waals surface area contributed by atoms with Crippen LogP contribution in [0.25, 0.3) is 5.57 Å². The molecule has 2 aliphatic heterocycles. The average molecular weight is 632 g/mol. The van der Waals surface area contributed by atoms with E-state index >= 15 is 0 Å². The van der Waals surface area contributed by atoms with E-state index in [1.807, 2.05) is 24.3 Å². The number of guanidine groups is 1. The number of fused-ring (bicyclic) bond motifs is 1. The SMILES string of the molecule is CC(C(=O)Nc1ccc(C2=CN3NC(NC4=CCC(S(C)(=O)=O)C=C4OCC(F)(F)F)=NC3C=C2)cc1)c1ccc(F)cc1. The number of halogens is 4. The van der Waals surface area contributed by atoms with Crippen molar-refractivity contribution in [2.24, 2.45) is 4.99 Å². The predicted molar refractivity (Wildman–Crippen MR) is 158 cm³/mol.